The van der Waals surface area contributed by atoms with Gasteiger partial charge in [0.1, 0.15) is 0 Å². The molecule has 4 nitrogen and oxygen atoms in total. The van der Waals surface area contributed by atoms with Gasteiger partial charge in [0.25, 0.3) is 0 Å². The molecule has 0 bridgehead atoms. The van der Waals surface area contributed by atoms with Gasteiger partial charge in [-0.25, -0.2) is 8.78 Å². The van der Waals surface area contributed by atoms with Crippen molar-refractivity contribution in [1.29, 1.82) is 0 Å². The third kappa shape index (κ3) is 3.34. The number of pyridine rings is 1. The molecule has 2 saturated heterocycles. The van der Waals surface area contributed by atoms with E-state index in [2.05, 4.69) is 16.8 Å². The number of halogens is 2. The summed E-state index contributed by atoms with van der Waals surface area (Å²) < 4.78 is 26.6. The van der Waals surface area contributed by atoms with Crippen LogP contribution in [0.5, 0.6) is 0 Å². The molecule has 2 aromatic rings. The molecule has 0 N–H and O–H groups in total. The van der Waals surface area contributed by atoms with Gasteiger partial charge in [-0.15, -0.1) is 0 Å². The van der Waals surface area contributed by atoms with E-state index in [0.29, 0.717) is 19.6 Å². The van der Waals surface area contributed by atoms with E-state index in [1.54, 1.807) is 18.5 Å². The number of carbonyl (C=O) groups excluding carboxylic acids is 1. The predicted octanol–water partition coefficient (Wildman–Crippen LogP) is 3.23. The average Bonchev–Trinajstić information content (AvgIpc) is 3.13. The van der Waals surface area contributed by atoms with Crippen molar-refractivity contribution in [3.8, 4) is 0 Å². The Hall–Kier alpha value is -2.34. The molecule has 3 heterocycles. The number of nitrogens with zero attached hydrogens (tertiary/aromatic N) is 3. The SMILES string of the molecule is C[C@@H]1CN(Cc2ccc(F)c(F)c2)C[C@]12CCN(Cc1cccnc1)C2=O. The Kier molecular flexibility index (Phi) is 4.68. The van der Waals surface area contributed by atoms with Crippen LogP contribution in [-0.4, -0.2) is 40.3 Å². The number of rotatable bonds is 4. The van der Waals surface area contributed by atoms with Gasteiger partial charge in [0.2, 0.25) is 5.91 Å². The van der Waals surface area contributed by atoms with Crippen molar-refractivity contribution in [2.75, 3.05) is 19.6 Å². The third-order valence-corrected chi connectivity index (χ3v) is 6.01. The zero-order valence-corrected chi connectivity index (χ0v) is 15.4. The van der Waals surface area contributed by atoms with Gasteiger partial charge < -0.3 is 4.90 Å². The summed E-state index contributed by atoms with van der Waals surface area (Å²) in [6.07, 6.45) is 4.36. The number of likely N-dealkylation sites (tertiary alicyclic amines) is 2. The molecule has 0 unspecified atom stereocenters. The average molecular weight is 371 g/mol. The van der Waals surface area contributed by atoms with E-state index in [1.165, 1.54) is 6.07 Å². The van der Waals surface area contributed by atoms with Crippen molar-refractivity contribution in [3.05, 3.63) is 65.5 Å². The molecule has 1 amide bonds. The minimum Gasteiger partial charge on any atom is -0.338 e. The Morgan fingerprint density at radius 1 is 1.19 bits per heavy atom. The maximum Gasteiger partial charge on any atom is 0.230 e. The summed E-state index contributed by atoms with van der Waals surface area (Å²) in [4.78, 5) is 21.4. The Morgan fingerprint density at radius 2 is 2.04 bits per heavy atom. The quantitative estimate of drug-likeness (QED) is 0.828. The van der Waals surface area contributed by atoms with Gasteiger partial charge in [0.05, 0.1) is 5.41 Å². The molecule has 1 aromatic heterocycles. The lowest BCUT2D eigenvalue weighted by Gasteiger charge is -2.27. The summed E-state index contributed by atoms with van der Waals surface area (Å²) in [5.74, 6) is -1.23. The van der Waals surface area contributed by atoms with Crippen molar-refractivity contribution >= 4 is 5.91 Å². The first-order chi connectivity index (χ1) is 13.0. The largest absolute Gasteiger partial charge is 0.338 e. The summed E-state index contributed by atoms with van der Waals surface area (Å²) in [6.45, 7) is 5.43. The molecule has 4 rings (SSSR count). The third-order valence-electron chi connectivity index (χ3n) is 6.01. The Morgan fingerprint density at radius 3 is 2.78 bits per heavy atom. The summed E-state index contributed by atoms with van der Waals surface area (Å²) in [6, 6.07) is 7.89. The highest BCUT2D eigenvalue weighted by molar-refractivity contribution is 5.86. The van der Waals surface area contributed by atoms with Crippen LogP contribution in [0, 0.1) is 23.0 Å². The lowest BCUT2D eigenvalue weighted by molar-refractivity contribution is -0.137. The monoisotopic (exact) mass is 371 g/mol. The molecule has 0 saturated carbocycles. The van der Waals surface area contributed by atoms with E-state index in [4.69, 9.17) is 0 Å². The van der Waals surface area contributed by atoms with Crippen molar-refractivity contribution in [1.82, 2.24) is 14.8 Å². The fraction of sp³-hybridized carbons (Fsp3) is 0.429. The predicted molar refractivity (Wildman–Crippen MR) is 97.5 cm³/mol. The van der Waals surface area contributed by atoms with Crippen LogP contribution < -0.4 is 0 Å². The number of aromatic nitrogens is 1. The first kappa shape index (κ1) is 18.0. The van der Waals surface area contributed by atoms with Crippen LogP contribution in [0.1, 0.15) is 24.5 Å². The lowest BCUT2D eigenvalue weighted by atomic mass is 9.78. The van der Waals surface area contributed by atoms with Crippen molar-refractivity contribution in [2.45, 2.75) is 26.4 Å². The highest BCUT2D eigenvalue weighted by Gasteiger charge is 2.54. The van der Waals surface area contributed by atoms with Gasteiger partial charge in [-0.2, -0.15) is 0 Å². The van der Waals surface area contributed by atoms with Crippen LogP contribution in [0.2, 0.25) is 0 Å². The smallest absolute Gasteiger partial charge is 0.230 e. The van der Waals surface area contributed by atoms with Crippen molar-refractivity contribution in [2.24, 2.45) is 11.3 Å². The molecule has 1 spiro atoms. The Balaban J connectivity index is 1.45. The highest BCUT2D eigenvalue weighted by atomic mass is 19.2. The van der Waals surface area contributed by atoms with Crippen LogP contribution >= 0.6 is 0 Å². The van der Waals surface area contributed by atoms with Gasteiger partial charge in [-0.05, 0) is 41.7 Å². The maximum absolute atomic E-state index is 13.5. The summed E-state index contributed by atoms with van der Waals surface area (Å²) in [5, 5.41) is 0. The molecule has 142 valence electrons. The number of hydrogen-bond donors (Lipinski definition) is 0. The molecule has 0 radical (unpaired) electrons. The second-order valence-electron chi connectivity index (χ2n) is 7.81. The zero-order valence-electron chi connectivity index (χ0n) is 15.4. The van der Waals surface area contributed by atoms with Crippen LogP contribution in [0.4, 0.5) is 8.78 Å². The molecular weight excluding hydrogens is 348 g/mol. The minimum absolute atomic E-state index is 0.201. The molecule has 2 atom stereocenters. The molecular formula is C21H23F2N3O. The number of amides is 1. The number of benzene rings is 1. The van der Waals surface area contributed by atoms with E-state index in [9.17, 15) is 13.6 Å². The summed E-state index contributed by atoms with van der Waals surface area (Å²) in [7, 11) is 0. The number of carbonyl (C=O) groups is 1. The van der Waals surface area contributed by atoms with Gasteiger partial charge in [-0.3, -0.25) is 14.7 Å². The van der Waals surface area contributed by atoms with E-state index in [1.807, 2.05) is 17.0 Å². The van der Waals surface area contributed by atoms with E-state index in [-0.39, 0.29) is 17.2 Å². The van der Waals surface area contributed by atoms with Gasteiger partial charge in [0.15, 0.2) is 11.6 Å². The fourth-order valence-corrected chi connectivity index (χ4v) is 4.52. The van der Waals surface area contributed by atoms with Gasteiger partial charge in [-0.1, -0.05) is 19.1 Å². The Bertz CT molecular complexity index is 845. The number of hydrogen-bond acceptors (Lipinski definition) is 3. The first-order valence-electron chi connectivity index (χ1n) is 9.32. The fourth-order valence-electron chi connectivity index (χ4n) is 4.52. The first-order valence-corrected chi connectivity index (χ1v) is 9.32. The normalized spacial score (nSPS) is 25.7. The molecule has 2 fully saturated rings. The van der Waals surface area contributed by atoms with Crippen LogP contribution in [0.25, 0.3) is 0 Å². The van der Waals surface area contributed by atoms with Crippen LogP contribution in [0.3, 0.4) is 0 Å². The summed E-state index contributed by atoms with van der Waals surface area (Å²) >= 11 is 0. The second kappa shape index (κ2) is 7.00. The molecule has 6 heteroatoms. The molecule has 27 heavy (non-hydrogen) atoms. The van der Waals surface area contributed by atoms with Crippen LogP contribution in [0.15, 0.2) is 42.7 Å². The Labute approximate surface area is 157 Å². The second-order valence-corrected chi connectivity index (χ2v) is 7.81. The minimum atomic E-state index is -0.831. The maximum atomic E-state index is 13.5. The van der Waals surface area contributed by atoms with E-state index in [0.717, 1.165) is 36.7 Å². The topological polar surface area (TPSA) is 36.4 Å². The molecule has 1 aromatic carbocycles. The molecule has 2 aliphatic heterocycles. The van der Waals surface area contributed by atoms with Crippen molar-refractivity contribution < 1.29 is 13.6 Å². The van der Waals surface area contributed by atoms with Crippen molar-refractivity contribution in [3.63, 3.8) is 0 Å². The molecule has 2 aliphatic rings. The van der Waals surface area contributed by atoms with Gasteiger partial charge >= 0.3 is 0 Å². The molecule has 0 aliphatic carbocycles. The lowest BCUT2D eigenvalue weighted by Crippen LogP contribution is -2.39. The van der Waals surface area contributed by atoms with Gasteiger partial charge in [0, 0.05) is 45.1 Å². The van der Waals surface area contributed by atoms with E-state index < -0.39 is 11.6 Å². The van der Waals surface area contributed by atoms with Crippen LogP contribution in [-0.2, 0) is 17.9 Å². The standard InChI is InChI=1S/C21H23F2N3O/c1-15-11-25(12-16-4-5-18(22)19(23)9-16)14-21(15)6-8-26(20(21)27)13-17-3-2-7-24-10-17/h2-5,7,9-10,15H,6,8,11-14H2,1H3/t15-,21-/m1/s1. The highest BCUT2D eigenvalue weighted by Crippen LogP contribution is 2.45. The zero-order chi connectivity index (χ0) is 19.0. The summed E-state index contributed by atoms with van der Waals surface area (Å²) in [5.41, 5.74) is 1.39. The van der Waals surface area contributed by atoms with E-state index >= 15 is 0 Å².